The molecule has 0 spiro atoms. The van der Waals surface area contributed by atoms with Crippen molar-refractivity contribution in [2.45, 2.75) is 38.0 Å². The van der Waals surface area contributed by atoms with Crippen LogP contribution in [0.4, 0.5) is 0 Å². The second-order valence-electron chi connectivity index (χ2n) is 7.32. The Kier molecular flexibility index (Phi) is 13.9. The molecule has 1 aromatic carbocycles. The van der Waals surface area contributed by atoms with Crippen molar-refractivity contribution in [2.24, 2.45) is 4.99 Å². The lowest BCUT2D eigenvalue weighted by molar-refractivity contribution is -0.122. The second kappa shape index (κ2) is 15.6. The van der Waals surface area contributed by atoms with E-state index in [1.54, 1.807) is 7.05 Å². The number of likely N-dealkylation sites (tertiary alicyclic amines) is 1. The Hall–Kier alpha value is -1.20. The summed E-state index contributed by atoms with van der Waals surface area (Å²) < 4.78 is 12.2. The third-order valence-electron chi connectivity index (χ3n) is 4.88. The van der Waals surface area contributed by atoms with E-state index < -0.39 is 10.8 Å². The minimum atomic E-state index is -0.899. The summed E-state index contributed by atoms with van der Waals surface area (Å²) >= 11 is 0. The summed E-state index contributed by atoms with van der Waals surface area (Å²) in [5, 5.41) is 9.65. The van der Waals surface area contributed by atoms with Crippen LogP contribution in [0.3, 0.4) is 0 Å². The number of nitrogens with zero attached hydrogens (tertiary/aromatic N) is 2. The Labute approximate surface area is 200 Å². The van der Waals surface area contributed by atoms with E-state index in [0.29, 0.717) is 30.6 Å². The molecule has 0 radical (unpaired) electrons. The van der Waals surface area contributed by atoms with Gasteiger partial charge < -0.3 is 16.0 Å². The van der Waals surface area contributed by atoms with Gasteiger partial charge in [0.1, 0.15) is 0 Å². The molecule has 1 unspecified atom stereocenters. The molecule has 1 amide bonds. The predicted molar refractivity (Wildman–Crippen MR) is 136 cm³/mol. The molecule has 30 heavy (non-hydrogen) atoms. The number of guanidine groups is 1. The first kappa shape index (κ1) is 26.8. The van der Waals surface area contributed by atoms with Crippen LogP contribution in [-0.4, -0.2) is 72.5 Å². The number of hydrogen-bond acceptors (Lipinski definition) is 4. The fourth-order valence-electron chi connectivity index (χ4n) is 3.26. The van der Waals surface area contributed by atoms with Gasteiger partial charge in [0.2, 0.25) is 5.91 Å². The minimum Gasteiger partial charge on any atom is -0.355 e. The Morgan fingerprint density at radius 3 is 2.50 bits per heavy atom. The van der Waals surface area contributed by atoms with Gasteiger partial charge in [0.15, 0.2) is 5.96 Å². The molecule has 1 aliphatic heterocycles. The molecule has 0 aliphatic carbocycles. The molecule has 0 saturated carbocycles. The maximum Gasteiger partial charge on any atom is 0.234 e. The Morgan fingerprint density at radius 2 is 1.87 bits per heavy atom. The lowest BCUT2D eigenvalue weighted by atomic mass is 10.1. The standard InChI is InChI=1S/C21H35N5O2S.HI/c1-3-11-23-20(27)16-26-13-9-19(10-14-26)25-21(22-2)24-12-15-29(28)17-18-7-5-4-6-8-18;/h4-8,19H,3,9-17H2,1-2H3,(H,23,27)(H2,22,24,25);1H. The number of nitrogens with one attached hydrogen (secondary N) is 3. The summed E-state index contributed by atoms with van der Waals surface area (Å²) in [6.45, 7) is 5.70. The number of rotatable bonds is 10. The molecule has 3 N–H and O–H groups in total. The van der Waals surface area contributed by atoms with Crippen molar-refractivity contribution in [2.75, 3.05) is 45.5 Å². The van der Waals surface area contributed by atoms with Crippen molar-refractivity contribution in [1.82, 2.24) is 20.9 Å². The highest BCUT2D eigenvalue weighted by molar-refractivity contribution is 14.0. The van der Waals surface area contributed by atoms with Crippen molar-refractivity contribution in [1.29, 1.82) is 0 Å². The highest BCUT2D eigenvalue weighted by Crippen LogP contribution is 2.10. The van der Waals surface area contributed by atoms with Crippen molar-refractivity contribution < 1.29 is 9.00 Å². The van der Waals surface area contributed by atoms with Crippen LogP contribution in [0.15, 0.2) is 35.3 Å². The van der Waals surface area contributed by atoms with Crippen molar-refractivity contribution in [3.8, 4) is 0 Å². The Morgan fingerprint density at radius 1 is 1.17 bits per heavy atom. The molecule has 1 aromatic rings. The van der Waals surface area contributed by atoms with Crippen LogP contribution in [-0.2, 0) is 21.3 Å². The number of carbonyl (C=O) groups excluding carboxylic acids is 1. The Bertz CT molecular complexity index is 667. The van der Waals surface area contributed by atoms with Crippen LogP contribution in [0.5, 0.6) is 0 Å². The number of piperidine rings is 1. The van der Waals surface area contributed by atoms with Crippen LogP contribution >= 0.6 is 24.0 Å². The third kappa shape index (κ3) is 10.7. The number of carbonyl (C=O) groups is 1. The molecular formula is C21H36IN5O2S. The van der Waals surface area contributed by atoms with E-state index in [1.807, 2.05) is 30.3 Å². The van der Waals surface area contributed by atoms with E-state index in [1.165, 1.54) is 0 Å². The number of halogens is 1. The van der Waals surface area contributed by atoms with Crippen LogP contribution in [0, 0.1) is 0 Å². The molecule has 1 heterocycles. The summed E-state index contributed by atoms with van der Waals surface area (Å²) in [7, 11) is 0.854. The third-order valence-corrected chi connectivity index (χ3v) is 6.20. The van der Waals surface area contributed by atoms with E-state index in [-0.39, 0.29) is 29.9 Å². The average Bonchev–Trinajstić information content (AvgIpc) is 2.73. The van der Waals surface area contributed by atoms with Gasteiger partial charge in [-0.15, -0.1) is 24.0 Å². The molecule has 7 nitrogen and oxygen atoms in total. The van der Waals surface area contributed by atoms with Gasteiger partial charge in [-0.1, -0.05) is 37.3 Å². The summed E-state index contributed by atoms with van der Waals surface area (Å²) in [5.74, 6) is 2.03. The minimum absolute atomic E-state index is 0. The highest BCUT2D eigenvalue weighted by Gasteiger charge is 2.21. The van der Waals surface area contributed by atoms with Crippen LogP contribution in [0.25, 0.3) is 0 Å². The zero-order valence-corrected chi connectivity index (χ0v) is 21.2. The SMILES string of the molecule is CCCNC(=O)CN1CCC(NC(=NC)NCCS(=O)Cc2ccccc2)CC1.I. The predicted octanol–water partition coefficient (Wildman–Crippen LogP) is 1.71. The van der Waals surface area contributed by atoms with Crippen molar-refractivity contribution in [3.05, 3.63) is 35.9 Å². The maximum absolute atomic E-state index is 12.2. The normalized spacial score (nSPS) is 16.4. The van der Waals surface area contributed by atoms with Gasteiger partial charge in [-0.2, -0.15) is 0 Å². The van der Waals surface area contributed by atoms with E-state index in [2.05, 4.69) is 32.8 Å². The second-order valence-corrected chi connectivity index (χ2v) is 8.89. The largest absolute Gasteiger partial charge is 0.355 e. The topological polar surface area (TPSA) is 85.8 Å². The molecule has 1 atom stereocenters. The quantitative estimate of drug-likeness (QED) is 0.235. The van der Waals surface area contributed by atoms with Gasteiger partial charge >= 0.3 is 0 Å². The average molecular weight is 550 g/mol. The molecule has 1 saturated heterocycles. The van der Waals surface area contributed by atoms with Gasteiger partial charge in [0, 0.05) is 61.6 Å². The van der Waals surface area contributed by atoms with Crippen LogP contribution < -0.4 is 16.0 Å². The molecule has 0 aromatic heterocycles. The molecule has 1 aliphatic rings. The first-order chi connectivity index (χ1) is 14.1. The summed E-state index contributed by atoms with van der Waals surface area (Å²) in [4.78, 5) is 18.3. The summed E-state index contributed by atoms with van der Waals surface area (Å²) in [5.41, 5.74) is 1.10. The smallest absolute Gasteiger partial charge is 0.234 e. The van der Waals surface area contributed by atoms with Gasteiger partial charge in [-0.3, -0.25) is 18.9 Å². The van der Waals surface area contributed by atoms with E-state index >= 15 is 0 Å². The molecule has 1 fully saturated rings. The van der Waals surface area contributed by atoms with Crippen LogP contribution in [0.1, 0.15) is 31.7 Å². The zero-order chi connectivity index (χ0) is 20.9. The zero-order valence-electron chi connectivity index (χ0n) is 18.1. The van der Waals surface area contributed by atoms with Gasteiger partial charge in [0.25, 0.3) is 0 Å². The molecule has 9 heteroatoms. The van der Waals surface area contributed by atoms with E-state index in [9.17, 15) is 9.00 Å². The summed E-state index contributed by atoms with van der Waals surface area (Å²) in [6.07, 6.45) is 2.91. The van der Waals surface area contributed by atoms with Crippen molar-refractivity contribution in [3.63, 3.8) is 0 Å². The van der Waals surface area contributed by atoms with E-state index in [4.69, 9.17) is 0 Å². The van der Waals surface area contributed by atoms with Gasteiger partial charge in [-0.25, -0.2) is 0 Å². The number of hydrogen-bond donors (Lipinski definition) is 3. The van der Waals surface area contributed by atoms with Crippen molar-refractivity contribution >= 4 is 46.6 Å². The first-order valence-corrected chi connectivity index (χ1v) is 11.9. The molecule has 170 valence electrons. The fourth-order valence-corrected chi connectivity index (χ4v) is 4.30. The van der Waals surface area contributed by atoms with Gasteiger partial charge in [-0.05, 0) is 24.8 Å². The molecular weight excluding hydrogens is 513 g/mol. The van der Waals surface area contributed by atoms with E-state index in [0.717, 1.165) is 50.4 Å². The summed E-state index contributed by atoms with van der Waals surface area (Å²) in [6, 6.07) is 10.3. The Balaban J connectivity index is 0.00000450. The highest BCUT2D eigenvalue weighted by atomic mass is 127. The lowest BCUT2D eigenvalue weighted by Gasteiger charge is -2.32. The fraction of sp³-hybridized carbons (Fsp3) is 0.619. The lowest BCUT2D eigenvalue weighted by Crippen LogP contribution is -2.50. The first-order valence-electron chi connectivity index (χ1n) is 10.5. The van der Waals surface area contributed by atoms with Gasteiger partial charge in [0.05, 0.1) is 6.54 Å². The number of benzene rings is 1. The van der Waals surface area contributed by atoms with Crippen LogP contribution in [0.2, 0.25) is 0 Å². The number of amides is 1. The monoisotopic (exact) mass is 549 g/mol. The molecule has 0 bridgehead atoms. The number of aliphatic imine (C=N–C) groups is 1. The maximum atomic E-state index is 12.2. The molecule has 2 rings (SSSR count).